The van der Waals surface area contributed by atoms with Crippen LogP contribution in [0.5, 0.6) is 5.88 Å². The van der Waals surface area contributed by atoms with Gasteiger partial charge in [0.25, 0.3) is 5.91 Å². The van der Waals surface area contributed by atoms with Gasteiger partial charge >= 0.3 is 0 Å². The van der Waals surface area contributed by atoms with Gasteiger partial charge in [-0.05, 0) is 41.8 Å². The molecule has 6 heteroatoms. The van der Waals surface area contributed by atoms with Crippen molar-refractivity contribution >= 4 is 27.3 Å². The fraction of sp³-hybridized carbons (Fsp3) is 0.125. The molecule has 0 aliphatic rings. The summed E-state index contributed by atoms with van der Waals surface area (Å²) in [5, 5.41) is 3.66. The zero-order valence-electron chi connectivity index (χ0n) is 11.8. The smallest absolute Gasteiger partial charge is 0.257 e. The molecule has 0 unspecified atom stereocenters. The average molecular weight is 316 g/mol. The number of fused-ring (bicyclic) bond motifs is 1. The highest BCUT2D eigenvalue weighted by atomic mass is 32.1. The van der Waals surface area contributed by atoms with Crippen molar-refractivity contribution < 1.29 is 13.9 Å². The predicted octanol–water partition coefficient (Wildman–Crippen LogP) is 3.37. The lowest BCUT2D eigenvalue weighted by Crippen LogP contribution is -2.23. The van der Waals surface area contributed by atoms with E-state index in [1.807, 2.05) is 6.07 Å². The van der Waals surface area contributed by atoms with E-state index in [2.05, 4.69) is 10.3 Å². The van der Waals surface area contributed by atoms with Gasteiger partial charge in [-0.2, -0.15) is 0 Å². The topological polar surface area (TPSA) is 51.2 Å². The molecule has 0 spiro atoms. The minimum absolute atomic E-state index is 0.256. The van der Waals surface area contributed by atoms with Gasteiger partial charge in [0.2, 0.25) is 5.88 Å². The van der Waals surface area contributed by atoms with Crippen molar-refractivity contribution in [2.75, 3.05) is 7.11 Å². The minimum Gasteiger partial charge on any atom is -0.480 e. The highest BCUT2D eigenvalue weighted by Gasteiger charge is 2.13. The summed E-state index contributed by atoms with van der Waals surface area (Å²) in [4.78, 5) is 17.1. The van der Waals surface area contributed by atoms with E-state index in [-0.39, 0.29) is 11.7 Å². The largest absolute Gasteiger partial charge is 0.480 e. The van der Waals surface area contributed by atoms with Crippen molar-refractivity contribution in [2.24, 2.45) is 0 Å². The third-order valence-corrected chi connectivity index (χ3v) is 4.28. The molecular formula is C16H13FN2O2S. The van der Waals surface area contributed by atoms with Crippen LogP contribution in [-0.2, 0) is 6.54 Å². The molecule has 0 atom stereocenters. The van der Waals surface area contributed by atoms with Crippen LogP contribution in [0.4, 0.5) is 4.39 Å². The molecule has 22 heavy (non-hydrogen) atoms. The van der Waals surface area contributed by atoms with Gasteiger partial charge in [0.05, 0.1) is 13.7 Å². The SMILES string of the molecule is COc1ncccc1C(=O)NCc1cc2cc(F)ccc2s1. The summed E-state index contributed by atoms with van der Waals surface area (Å²) >= 11 is 1.52. The second-order valence-electron chi connectivity index (χ2n) is 4.64. The van der Waals surface area contributed by atoms with E-state index in [0.29, 0.717) is 18.0 Å². The fourth-order valence-corrected chi connectivity index (χ4v) is 3.13. The first-order valence-electron chi connectivity index (χ1n) is 6.62. The fourth-order valence-electron chi connectivity index (χ4n) is 2.15. The average Bonchev–Trinajstić information content (AvgIpc) is 2.94. The van der Waals surface area contributed by atoms with Crippen molar-refractivity contribution in [1.82, 2.24) is 10.3 Å². The summed E-state index contributed by atoms with van der Waals surface area (Å²) in [7, 11) is 1.47. The maximum atomic E-state index is 13.2. The number of hydrogen-bond donors (Lipinski definition) is 1. The van der Waals surface area contributed by atoms with E-state index < -0.39 is 0 Å². The third-order valence-electron chi connectivity index (χ3n) is 3.16. The zero-order valence-corrected chi connectivity index (χ0v) is 12.6. The van der Waals surface area contributed by atoms with Crippen molar-refractivity contribution in [2.45, 2.75) is 6.54 Å². The zero-order chi connectivity index (χ0) is 15.5. The molecule has 0 saturated carbocycles. The number of halogens is 1. The second-order valence-corrected chi connectivity index (χ2v) is 5.81. The number of thiophene rings is 1. The van der Waals surface area contributed by atoms with Gasteiger partial charge in [-0.25, -0.2) is 9.37 Å². The number of hydrogen-bond acceptors (Lipinski definition) is 4. The van der Waals surface area contributed by atoms with Crippen molar-refractivity contribution in [3.63, 3.8) is 0 Å². The van der Waals surface area contributed by atoms with E-state index in [4.69, 9.17) is 4.74 Å². The number of carbonyl (C=O) groups is 1. The second kappa shape index (κ2) is 6.11. The molecule has 0 aliphatic carbocycles. The minimum atomic E-state index is -0.263. The molecule has 112 valence electrons. The molecular weight excluding hydrogens is 303 g/mol. The van der Waals surface area contributed by atoms with Crippen molar-refractivity contribution in [3.8, 4) is 5.88 Å². The first-order valence-corrected chi connectivity index (χ1v) is 7.44. The highest BCUT2D eigenvalue weighted by molar-refractivity contribution is 7.19. The molecule has 2 aromatic heterocycles. The standard InChI is InChI=1S/C16H13FN2O2S/c1-21-16-13(3-2-6-18-16)15(20)19-9-12-8-10-7-11(17)4-5-14(10)22-12/h2-8H,9H2,1H3,(H,19,20). The maximum absolute atomic E-state index is 13.2. The molecule has 0 radical (unpaired) electrons. The van der Waals surface area contributed by atoms with Crippen LogP contribution in [-0.4, -0.2) is 18.0 Å². The summed E-state index contributed by atoms with van der Waals surface area (Å²) in [5.41, 5.74) is 0.386. The number of ether oxygens (including phenoxy) is 1. The summed E-state index contributed by atoms with van der Waals surface area (Å²) < 4.78 is 19.2. The molecule has 3 aromatic rings. The Morgan fingerprint density at radius 3 is 3.05 bits per heavy atom. The van der Waals surface area contributed by atoms with Gasteiger partial charge in [0, 0.05) is 15.8 Å². The van der Waals surface area contributed by atoms with Crippen LogP contribution in [0.25, 0.3) is 10.1 Å². The first kappa shape index (κ1) is 14.5. The molecule has 0 fully saturated rings. The van der Waals surface area contributed by atoms with Crippen LogP contribution in [0.15, 0.2) is 42.6 Å². The Morgan fingerprint density at radius 2 is 2.23 bits per heavy atom. The van der Waals surface area contributed by atoms with E-state index in [9.17, 15) is 9.18 Å². The quantitative estimate of drug-likeness (QED) is 0.803. The number of carbonyl (C=O) groups excluding carboxylic acids is 1. The van der Waals surface area contributed by atoms with Crippen LogP contribution in [0.2, 0.25) is 0 Å². The number of pyridine rings is 1. The van der Waals surface area contributed by atoms with Crippen LogP contribution in [0.3, 0.4) is 0 Å². The predicted molar refractivity (Wildman–Crippen MR) is 83.7 cm³/mol. The van der Waals surface area contributed by atoms with Gasteiger partial charge < -0.3 is 10.1 Å². The van der Waals surface area contributed by atoms with E-state index >= 15 is 0 Å². The van der Waals surface area contributed by atoms with Crippen molar-refractivity contribution in [1.29, 1.82) is 0 Å². The number of rotatable bonds is 4. The van der Waals surface area contributed by atoms with Gasteiger partial charge in [-0.15, -0.1) is 11.3 Å². The van der Waals surface area contributed by atoms with Crippen molar-refractivity contribution in [3.05, 3.63) is 58.9 Å². The van der Waals surface area contributed by atoms with Gasteiger partial charge in [-0.3, -0.25) is 4.79 Å². The Bertz CT molecular complexity index is 832. The number of amides is 1. The van der Waals surface area contributed by atoms with E-state index in [1.54, 1.807) is 24.4 Å². The molecule has 0 bridgehead atoms. The summed E-state index contributed by atoms with van der Waals surface area (Å²) in [5.74, 6) is -0.229. The van der Waals surface area contributed by atoms with E-state index in [1.165, 1.54) is 30.6 Å². The monoisotopic (exact) mass is 316 g/mol. The Labute approximate surface area is 130 Å². The number of nitrogens with one attached hydrogen (secondary N) is 1. The lowest BCUT2D eigenvalue weighted by molar-refractivity contribution is 0.0947. The molecule has 1 aromatic carbocycles. The Kier molecular flexibility index (Phi) is 4.02. The van der Waals surface area contributed by atoms with Crippen LogP contribution in [0.1, 0.15) is 15.2 Å². The molecule has 1 N–H and O–H groups in total. The summed E-state index contributed by atoms with van der Waals surface area (Å²) in [6, 6.07) is 9.87. The van der Waals surface area contributed by atoms with Crippen LogP contribution < -0.4 is 10.1 Å². The summed E-state index contributed by atoms with van der Waals surface area (Å²) in [6.45, 7) is 0.373. The third kappa shape index (κ3) is 2.92. The molecule has 0 saturated heterocycles. The molecule has 4 nitrogen and oxygen atoms in total. The lowest BCUT2D eigenvalue weighted by Gasteiger charge is -2.07. The Hall–Kier alpha value is -2.47. The Balaban J connectivity index is 1.74. The van der Waals surface area contributed by atoms with Gasteiger partial charge in [-0.1, -0.05) is 0 Å². The number of aromatic nitrogens is 1. The van der Waals surface area contributed by atoms with Gasteiger partial charge in [0.1, 0.15) is 11.4 Å². The first-order chi connectivity index (χ1) is 10.7. The van der Waals surface area contributed by atoms with E-state index in [0.717, 1.165) is 15.0 Å². The molecule has 3 rings (SSSR count). The maximum Gasteiger partial charge on any atom is 0.257 e. The highest BCUT2D eigenvalue weighted by Crippen LogP contribution is 2.26. The normalized spacial score (nSPS) is 10.6. The van der Waals surface area contributed by atoms with Crippen LogP contribution >= 0.6 is 11.3 Å². The van der Waals surface area contributed by atoms with Gasteiger partial charge in [0.15, 0.2) is 0 Å². The summed E-state index contributed by atoms with van der Waals surface area (Å²) in [6.07, 6.45) is 1.57. The lowest BCUT2D eigenvalue weighted by atomic mass is 10.2. The molecule has 2 heterocycles. The molecule has 0 aliphatic heterocycles. The molecule has 1 amide bonds. The number of benzene rings is 1. The number of nitrogens with zero attached hydrogens (tertiary/aromatic N) is 1. The number of methoxy groups -OCH3 is 1. The Morgan fingerprint density at radius 1 is 1.36 bits per heavy atom. The van der Waals surface area contributed by atoms with Crippen LogP contribution in [0, 0.1) is 5.82 Å².